The summed E-state index contributed by atoms with van der Waals surface area (Å²) in [6.45, 7) is 8.35. The molecule has 0 saturated heterocycles. The molecule has 3 atom stereocenters. The van der Waals surface area contributed by atoms with Gasteiger partial charge in [-0.3, -0.25) is 0 Å². The normalized spacial score (nSPS) is 18.8. The lowest BCUT2D eigenvalue weighted by atomic mass is 9.95. The molecule has 0 amide bonds. The molecule has 0 N–H and O–H groups in total. The van der Waals surface area contributed by atoms with Crippen molar-refractivity contribution in [1.82, 2.24) is 4.90 Å². The Hall–Kier alpha value is -1.82. The van der Waals surface area contributed by atoms with Gasteiger partial charge < -0.3 is 4.90 Å². The molecule has 1 fully saturated rings. The molecule has 0 heterocycles. The van der Waals surface area contributed by atoms with Crippen LogP contribution in [0.1, 0.15) is 75.5 Å². The average Bonchev–Trinajstić information content (AvgIpc) is 3.24. The maximum Gasteiger partial charge on any atom is 0.0587 e. The molecule has 0 spiro atoms. The molecule has 31 heavy (non-hydrogen) atoms. The monoisotopic (exact) mass is 438 g/mol. The highest BCUT2D eigenvalue weighted by atomic mass is 35.5. The number of benzene rings is 2. The first-order valence-corrected chi connectivity index (χ1v) is 12.4. The van der Waals surface area contributed by atoms with Crippen LogP contribution >= 0.6 is 11.6 Å². The zero-order chi connectivity index (χ0) is 22.5. The van der Waals surface area contributed by atoms with Crippen LogP contribution in [0.25, 0.3) is 0 Å². The fraction of sp³-hybridized carbons (Fsp3) is 0.536. The SMILES string of the molecule is CC#N.CCC(CCc1ccc(C2CCC(Cl)C2)cc1)N(CC)CCc1ccccc1. The highest BCUT2D eigenvalue weighted by molar-refractivity contribution is 6.20. The van der Waals surface area contributed by atoms with E-state index in [9.17, 15) is 0 Å². The van der Waals surface area contributed by atoms with E-state index >= 15 is 0 Å². The Morgan fingerprint density at radius 1 is 1.00 bits per heavy atom. The molecule has 0 aromatic heterocycles. The molecule has 3 heteroatoms. The number of rotatable bonds is 10. The molecular formula is C28H39ClN2. The van der Waals surface area contributed by atoms with Crippen molar-refractivity contribution in [3.63, 3.8) is 0 Å². The lowest BCUT2D eigenvalue weighted by molar-refractivity contribution is 0.193. The molecule has 0 aliphatic heterocycles. The van der Waals surface area contributed by atoms with Crippen LogP contribution in [-0.4, -0.2) is 29.4 Å². The average molecular weight is 439 g/mol. The Morgan fingerprint density at radius 3 is 2.19 bits per heavy atom. The molecule has 3 rings (SSSR count). The van der Waals surface area contributed by atoms with Gasteiger partial charge in [-0.25, -0.2) is 0 Å². The number of hydrogen-bond donors (Lipinski definition) is 0. The molecule has 168 valence electrons. The molecule has 2 nitrogen and oxygen atoms in total. The highest BCUT2D eigenvalue weighted by Gasteiger charge is 2.24. The molecular weight excluding hydrogens is 400 g/mol. The lowest BCUT2D eigenvalue weighted by Gasteiger charge is -2.30. The second-order valence-corrected chi connectivity index (χ2v) is 9.15. The van der Waals surface area contributed by atoms with Gasteiger partial charge in [0.2, 0.25) is 0 Å². The van der Waals surface area contributed by atoms with Gasteiger partial charge in [0.05, 0.1) is 6.07 Å². The Morgan fingerprint density at radius 2 is 1.65 bits per heavy atom. The number of nitriles is 1. The highest BCUT2D eigenvalue weighted by Crippen LogP contribution is 2.37. The summed E-state index contributed by atoms with van der Waals surface area (Å²) in [7, 11) is 0. The van der Waals surface area contributed by atoms with Crippen LogP contribution in [0.2, 0.25) is 0 Å². The molecule has 1 saturated carbocycles. The van der Waals surface area contributed by atoms with Gasteiger partial charge >= 0.3 is 0 Å². The van der Waals surface area contributed by atoms with E-state index in [4.69, 9.17) is 16.9 Å². The zero-order valence-corrected chi connectivity index (χ0v) is 20.3. The van der Waals surface area contributed by atoms with Crippen molar-refractivity contribution in [3.05, 3.63) is 71.3 Å². The maximum atomic E-state index is 7.32. The molecule has 2 aromatic rings. The van der Waals surface area contributed by atoms with Crippen molar-refractivity contribution in [2.75, 3.05) is 13.1 Å². The molecule has 0 radical (unpaired) electrons. The van der Waals surface area contributed by atoms with E-state index in [-0.39, 0.29) is 0 Å². The van der Waals surface area contributed by atoms with Crippen molar-refractivity contribution in [1.29, 1.82) is 5.26 Å². The van der Waals surface area contributed by atoms with Crippen LogP contribution in [-0.2, 0) is 12.8 Å². The second kappa shape index (κ2) is 14.3. The van der Waals surface area contributed by atoms with Crippen molar-refractivity contribution in [2.45, 2.75) is 83.1 Å². The zero-order valence-electron chi connectivity index (χ0n) is 19.6. The van der Waals surface area contributed by atoms with Crippen molar-refractivity contribution in [2.24, 2.45) is 0 Å². The summed E-state index contributed by atoms with van der Waals surface area (Å²) in [4.78, 5) is 2.67. The smallest absolute Gasteiger partial charge is 0.0587 e. The summed E-state index contributed by atoms with van der Waals surface area (Å²) < 4.78 is 0. The van der Waals surface area contributed by atoms with E-state index < -0.39 is 0 Å². The van der Waals surface area contributed by atoms with E-state index in [0.29, 0.717) is 17.3 Å². The number of hydrogen-bond acceptors (Lipinski definition) is 2. The molecule has 3 unspecified atom stereocenters. The van der Waals surface area contributed by atoms with Crippen LogP contribution in [0.3, 0.4) is 0 Å². The second-order valence-electron chi connectivity index (χ2n) is 8.54. The molecule has 2 aromatic carbocycles. The van der Waals surface area contributed by atoms with Crippen LogP contribution in [0, 0.1) is 11.3 Å². The minimum atomic E-state index is 0.380. The van der Waals surface area contributed by atoms with Crippen molar-refractivity contribution >= 4 is 11.6 Å². The van der Waals surface area contributed by atoms with Gasteiger partial charge in [0.15, 0.2) is 0 Å². The van der Waals surface area contributed by atoms with E-state index in [0.717, 1.165) is 25.9 Å². The van der Waals surface area contributed by atoms with Gasteiger partial charge in [0.25, 0.3) is 0 Å². The number of aryl methyl sites for hydroxylation is 1. The number of halogens is 1. The summed E-state index contributed by atoms with van der Waals surface area (Å²) in [5, 5.41) is 7.70. The minimum Gasteiger partial charge on any atom is -0.300 e. The summed E-state index contributed by atoms with van der Waals surface area (Å²) >= 11 is 6.29. The summed E-state index contributed by atoms with van der Waals surface area (Å²) in [6.07, 6.45) is 8.34. The maximum absolute atomic E-state index is 7.32. The lowest BCUT2D eigenvalue weighted by Crippen LogP contribution is -2.36. The number of nitrogens with zero attached hydrogens (tertiary/aromatic N) is 2. The Labute approximate surface area is 195 Å². The fourth-order valence-electron chi connectivity index (χ4n) is 4.68. The van der Waals surface area contributed by atoms with E-state index in [1.54, 1.807) is 6.07 Å². The van der Waals surface area contributed by atoms with Gasteiger partial charge in [-0.15, -0.1) is 11.6 Å². The third-order valence-electron chi connectivity index (χ3n) is 6.51. The van der Waals surface area contributed by atoms with Gasteiger partial charge in [-0.05, 0) is 74.1 Å². The topological polar surface area (TPSA) is 27.0 Å². The largest absolute Gasteiger partial charge is 0.300 e. The van der Waals surface area contributed by atoms with Gasteiger partial charge in [0, 0.05) is 24.9 Å². The third-order valence-corrected chi connectivity index (χ3v) is 6.91. The fourth-order valence-corrected chi connectivity index (χ4v) is 5.02. The van der Waals surface area contributed by atoms with Crippen molar-refractivity contribution in [3.8, 4) is 6.07 Å². The van der Waals surface area contributed by atoms with Gasteiger partial charge in [-0.2, -0.15) is 5.26 Å². The first-order chi connectivity index (χ1) is 15.1. The van der Waals surface area contributed by atoms with Crippen LogP contribution in [0.15, 0.2) is 54.6 Å². The first-order valence-electron chi connectivity index (χ1n) is 11.9. The van der Waals surface area contributed by atoms with Crippen LogP contribution < -0.4 is 0 Å². The predicted octanol–water partition coefficient (Wildman–Crippen LogP) is 7.37. The summed E-state index contributed by atoms with van der Waals surface area (Å²) in [6, 6.07) is 22.7. The Kier molecular flexibility index (Phi) is 11.7. The standard InChI is InChI=1S/C26H36ClN.C2H3N/c1-3-26(28(4-2)19-18-21-8-6-5-7-9-21)17-12-22-10-13-23(14-11-22)24-15-16-25(27)20-24;1-2-3/h5-11,13-14,24-26H,3-4,12,15-20H2,1-2H3;1H3. The van der Waals surface area contributed by atoms with E-state index in [2.05, 4.69) is 73.3 Å². The van der Waals surface area contributed by atoms with Gasteiger partial charge in [-0.1, -0.05) is 68.4 Å². The summed E-state index contributed by atoms with van der Waals surface area (Å²) in [5.74, 6) is 0.675. The van der Waals surface area contributed by atoms with Gasteiger partial charge in [0.1, 0.15) is 0 Å². The van der Waals surface area contributed by atoms with E-state index in [1.165, 1.54) is 55.7 Å². The predicted molar refractivity (Wildman–Crippen MR) is 134 cm³/mol. The Bertz CT molecular complexity index is 766. The first kappa shape index (κ1) is 25.4. The molecule has 0 bridgehead atoms. The quantitative estimate of drug-likeness (QED) is 0.362. The third kappa shape index (κ3) is 8.68. The molecule has 1 aliphatic rings. The number of likely N-dealkylation sites (N-methyl/N-ethyl adjacent to an activating group) is 1. The summed E-state index contributed by atoms with van der Waals surface area (Å²) in [5.41, 5.74) is 4.40. The molecule has 1 aliphatic carbocycles. The van der Waals surface area contributed by atoms with Crippen LogP contribution in [0.4, 0.5) is 0 Å². The number of alkyl halides is 1. The van der Waals surface area contributed by atoms with E-state index in [1.807, 2.05) is 0 Å². The Balaban J connectivity index is 0.00000107. The van der Waals surface area contributed by atoms with Crippen LogP contribution in [0.5, 0.6) is 0 Å². The minimum absolute atomic E-state index is 0.380. The van der Waals surface area contributed by atoms with Crippen molar-refractivity contribution < 1.29 is 0 Å².